The molecule has 2 fully saturated rings. The number of aliphatic carboxylic acids is 1. The van der Waals surface area contributed by atoms with Gasteiger partial charge in [-0.2, -0.15) is 0 Å². The Labute approximate surface area is 246 Å². The van der Waals surface area contributed by atoms with Crippen LogP contribution in [0.5, 0.6) is 0 Å². The molecule has 1 aliphatic heterocycles. The summed E-state index contributed by atoms with van der Waals surface area (Å²) in [6, 6.07) is 26.1. The van der Waals surface area contributed by atoms with Crippen molar-refractivity contribution >= 4 is 18.0 Å². The van der Waals surface area contributed by atoms with E-state index in [0.717, 1.165) is 29.5 Å². The van der Waals surface area contributed by atoms with E-state index in [1.807, 2.05) is 54.6 Å². The van der Waals surface area contributed by atoms with Gasteiger partial charge in [0.1, 0.15) is 6.61 Å². The van der Waals surface area contributed by atoms with Crippen molar-refractivity contribution in [1.29, 1.82) is 0 Å². The highest BCUT2D eigenvalue weighted by atomic mass is 16.5. The van der Waals surface area contributed by atoms with Crippen LogP contribution >= 0.6 is 0 Å². The third kappa shape index (κ3) is 5.77. The van der Waals surface area contributed by atoms with Crippen LogP contribution in [-0.2, 0) is 20.9 Å². The van der Waals surface area contributed by atoms with Gasteiger partial charge in [-0.15, -0.1) is 0 Å². The monoisotopic (exact) mass is 567 g/mol. The summed E-state index contributed by atoms with van der Waals surface area (Å²) in [5, 5.41) is 16.0. The number of ether oxygens (including phenoxy) is 1. The summed E-state index contributed by atoms with van der Waals surface area (Å²) >= 11 is 0. The molecule has 0 spiro atoms. The Balaban J connectivity index is 1.03. The number of carbonyl (C=O) groups is 3. The molecule has 1 heterocycles. The number of hydrogen-bond donors (Lipinski definition) is 3. The summed E-state index contributed by atoms with van der Waals surface area (Å²) in [5.41, 5.74) is 4.46. The third-order valence-electron chi connectivity index (χ3n) is 9.08. The van der Waals surface area contributed by atoms with Gasteiger partial charge in [0.25, 0.3) is 0 Å². The highest BCUT2D eigenvalue weighted by molar-refractivity contribution is 5.89. The Bertz CT molecular complexity index is 1410. The fourth-order valence-electron chi connectivity index (χ4n) is 6.90. The zero-order valence-electron chi connectivity index (χ0n) is 23.6. The molecule has 1 saturated carbocycles. The minimum atomic E-state index is -1.31. The Morgan fingerprint density at radius 1 is 0.905 bits per heavy atom. The lowest BCUT2D eigenvalue weighted by Gasteiger charge is -2.32. The Morgan fingerprint density at radius 3 is 2.26 bits per heavy atom. The Morgan fingerprint density at radius 2 is 1.57 bits per heavy atom. The lowest BCUT2D eigenvalue weighted by Crippen LogP contribution is -2.58. The van der Waals surface area contributed by atoms with E-state index in [-0.39, 0.29) is 36.9 Å². The number of benzene rings is 3. The van der Waals surface area contributed by atoms with Crippen LogP contribution in [0.2, 0.25) is 0 Å². The first-order valence-corrected chi connectivity index (χ1v) is 14.8. The van der Waals surface area contributed by atoms with Gasteiger partial charge in [0.2, 0.25) is 5.91 Å². The van der Waals surface area contributed by atoms with Gasteiger partial charge in [-0.05, 0) is 53.5 Å². The van der Waals surface area contributed by atoms with Crippen LogP contribution in [0.4, 0.5) is 4.79 Å². The minimum Gasteiger partial charge on any atom is -0.479 e. The molecule has 6 rings (SSSR count). The number of carboxylic acid groups (broad SMARTS) is 1. The number of fused-ring (bicyclic) bond motifs is 3. The molecule has 1 saturated heterocycles. The van der Waals surface area contributed by atoms with E-state index in [4.69, 9.17) is 4.74 Å². The van der Waals surface area contributed by atoms with E-state index in [2.05, 4.69) is 39.8 Å². The second-order valence-electron chi connectivity index (χ2n) is 11.9. The SMILES string of the molecule is O=C(NC1CCCC(C(=O)NC2(C(=O)O)CCN(Cc3ccccc3)C2)C1)OCC1c2ccccc2-c2ccccc21. The van der Waals surface area contributed by atoms with Crippen molar-refractivity contribution in [3.63, 3.8) is 0 Å². The van der Waals surface area contributed by atoms with E-state index in [0.29, 0.717) is 32.4 Å². The smallest absolute Gasteiger partial charge is 0.407 e. The lowest BCUT2D eigenvalue weighted by molar-refractivity contribution is -0.148. The van der Waals surface area contributed by atoms with Gasteiger partial charge < -0.3 is 20.5 Å². The molecule has 3 aromatic carbocycles. The van der Waals surface area contributed by atoms with Gasteiger partial charge in [-0.25, -0.2) is 9.59 Å². The van der Waals surface area contributed by atoms with Gasteiger partial charge in [-0.1, -0.05) is 85.3 Å². The van der Waals surface area contributed by atoms with Crippen molar-refractivity contribution in [2.75, 3.05) is 19.7 Å². The second kappa shape index (κ2) is 12.0. The quantitative estimate of drug-likeness (QED) is 0.356. The number of likely N-dealkylation sites (tertiary alicyclic amines) is 1. The lowest BCUT2D eigenvalue weighted by atomic mass is 9.84. The molecule has 2 amide bonds. The summed E-state index contributed by atoms with van der Waals surface area (Å²) in [7, 11) is 0. The molecule has 0 bridgehead atoms. The van der Waals surface area contributed by atoms with Crippen molar-refractivity contribution in [3.05, 3.63) is 95.6 Å². The van der Waals surface area contributed by atoms with Crippen LogP contribution in [0, 0.1) is 5.92 Å². The highest BCUT2D eigenvalue weighted by Crippen LogP contribution is 2.44. The van der Waals surface area contributed by atoms with Crippen LogP contribution < -0.4 is 10.6 Å². The molecule has 3 unspecified atom stereocenters. The average molecular weight is 568 g/mol. The van der Waals surface area contributed by atoms with Crippen LogP contribution in [0.3, 0.4) is 0 Å². The average Bonchev–Trinajstić information content (AvgIpc) is 3.56. The fourth-order valence-corrected chi connectivity index (χ4v) is 6.90. The van der Waals surface area contributed by atoms with Crippen molar-refractivity contribution in [2.24, 2.45) is 5.92 Å². The van der Waals surface area contributed by atoms with E-state index >= 15 is 0 Å². The van der Waals surface area contributed by atoms with Crippen molar-refractivity contribution in [3.8, 4) is 11.1 Å². The minimum absolute atomic E-state index is 0.0203. The summed E-state index contributed by atoms with van der Waals surface area (Å²) in [4.78, 5) is 40.7. The molecule has 3 aromatic rings. The van der Waals surface area contributed by atoms with Crippen LogP contribution in [0.15, 0.2) is 78.9 Å². The molecule has 3 aliphatic rings. The molecule has 3 atom stereocenters. The van der Waals surface area contributed by atoms with Crippen molar-refractivity contribution in [2.45, 2.75) is 56.1 Å². The predicted octanol–water partition coefficient (Wildman–Crippen LogP) is 4.93. The Hall–Kier alpha value is -4.17. The number of rotatable bonds is 8. The highest BCUT2D eigenvalue weighted by Gasteiger charge is 2.47. The van der Waals surface area contributed by atoms with Crippen molar-refractivity contribution in [1.82, 2.24) is 15.5 Å². The van der Waals surface area contributed by atoms with E-state index in [9.17, 15) is 19.5 Å². The van der Waals surface area contributed by atoms with Gasteiger partial charge in [0, 0.05) is 37.5 Å². The summed E-state index contributed by atoms with van der Waals surface area (Å²) in [5.74, 6) is -1.64. The third-order valence-corrected chi connectivity index (χ3v) is 9.08. The zero-order chi connectivity index (χ0) is 29.1. The van der Waals surface area contributed by atoms with Crippen LogP contribution in [-0.4, -0.2) is 59.3 Å². The first-order chi connectivity index (χ1) is 20.4. The molecular weight excluding hydrogens is 530 g/mol. The maximum Gasteiger partial charge on any atom is 0.407 e. The predicted molar refractivity (Wildman–Crippen MR) is 159 cm³/mol. The summed E-state index contributed by atoms with van der Waals surface area (Å²) in [6.07, 6.45) is 2.51. The molecule has 8 heteroatoms. The van der Waals surface area contributed by atoms with E-state index in [1.54, 1.807) is 0 Å². The molecule has 218 valence electrons. The van der Waals surface area contributed by atoms with Gasteiger partial charge >= 0.3 is 12.1 Å². The zero-order valence-corrected chi connectivity index (χ0v) is 23.6. The number of hydrogen-bond acceptors (Lipinski definition) is 5. The number of nitrogens with one attached hydrogen (secondary N) is 2. The van der Waals surface area contributed by atoms with Gasteiger partial charge in [0.05, 0.1) is 0 Å². The number of nitrogens with zero attached hydrogens (tertiary/aromatic N) is 1. The molecule has 42 heavy (non-hydrogen) atoms. The fraction of sp³-hybridized carbons (Fsp3) is 0.382. The van der Waals surface area contributed by atoms with E-state index < -0.39 is 17.6 Å². The Kier molecular flexibility index (Phi) is 7.98. The second-order valence-corrected chi connectivity index (χ2v) is 11.9. The van der Waals surface area contributed by atoms with Crippen molar-refractivity contribution < 1.29 is 24.2 Å². The number of amides is 2. The maximum absolute atomic E-state index is 13.4. The molecule has 2 aliphatic carbocycles. The number of alkyl carbamates (subject to hydrolysis) is 1. The summed E-state index contributed by atoms with van der Waals surface area (Å²) < 4.78 is 5.72. The van der Waals surface area contributed by atoms with Crippen LogP contribution in [0.1, 0.15) is 54.7 Å². The number of carbonyl (C=O) groups excluding carboxylic acids is 2. The maximum atomic E-state index is 13.4. The molecule has 3 N–H and O–H groups in total. The standard InChI is InChI=1S/C34H37N3O5/c38-31(36-34(32(39)40)17-18-37(22-34)20-23-9-2-1-3-10-23)24-11-8-12-25(19-24)35-33(41)42-21-30-28-15-6-4-13-26(28)27-14-5-7-16-29(27)30/h1-7,9-10,13-16,24-25,30H,8,11-12,17-22H2,(H,35,41)(H,36,38)(H,39,40). The molecule has 8 nitrogen and oxygen atoms in total. The molecule has 0 aromatic heterocycles. The molecule has 0 radical (unpaired) electrons. The first-order valence-electron chi connectivity index (χ1n) is 14.8. The molecular formula is C34H37N3O5. The normalized spacial score (nSPS) is 23.5. The summed E-state index contributed by atoms with van der Waals surface area (Å²) in [6.45, 7) is 1.73. The number of carboxylic acids is 1. The van der Waals surface area contributed by atoms with Gasteiger partial charge in [-0.3, -0.25) is 9.69 Å². The van der Waals surface area contributed by atoms with Crippen LogP contribution in [0.25, 0.3) is 11.1 Å². The van der Waals surface area contributed by atoms with Gasteiger partial charge in [0.15, 0.2) is 5.54 Å². The topological polar surface area (TPSA) is 108 Å². The van der Waals surface area contributed by atoms with E-state index in [1.165, 1.54) is 11.1 Å². The first kappa shape index (κ1) is 28.0. The largest absolute Gasteiger partial charge is 0.479 e.